The summed E-state index contributed by atoms with van der Waals surface area (Å²) in [5.41, 5.74) is 0.427. The fourth-order valence-electron chi connectivity index (χ4n) is 3.07. The molecule has 1 saturated carbocycles. The first-order valence-electron chi connectivity index (χ1n) is 7.88. The van der Waals surface area contributed by atoms with Crippen molar-refractivity contribution in [2.45, 2.75) is 71.4 Å². The van der Waals surface area contributed by atoms with Crippen molar-refractivity contribution in [2.24, 2.45) is 5.41 Å². The van der Waals surface area contributed by atoms with E-state index in [2.05, 4.69) is 33.0 Å². The minimum Gasteiger partial charge on any atom is -0.380 e. The first kappa shape index (κ1) is 16.9. The molecule has 114 valence electrons. The van der Waals surface area contributed by atoms with Gasteiger partial charge < -0.3 is 14.8 Å². The van der Waals surface area contributed by atoms with E-state index in [1.54, 1.807) is 0 Å². The lowest BCUT2D eigenvalue weighted by Gasteiger charge is -2.47. The number of hydrogen-bond acceptors (Lipinski definition) is 3. The predicted octanol–water partition coefficient (Wildman–Crippen LogP) is 3.38. The van der Waals surface area contributed by atoms with Crippen LogP contribution >= 0.6 is 0 Å². The molecule has 0 aromatic heterocycles. The van der Waals surface area contributed by atoms with Crippen molar-refractivity contribution in [3.63, 3.8) is 0 Å². The molecule has 0 heterocycles. The minimum absolute atomic E-state index is 0.0350. The Hall–Kier alpha value is -0.120. The smallest absolute Gasteiger partial charge is 0.0857 e. The molecule has 1 rings (SSSR count). The maximum absolute atomic E-state index is 6.20. The minimum atomic E-state index is -0.0350. The Morgan fingerprint density at radius 1 is 1.11 bits per heavy atom. The van der Waals surface area contributed by atoms with Crippen LogP contribution in [0.5, 0.6) is 0 Å². The molecule has 0 spiro atoms. The van der Waals surface area contributed by atoms with Gasteiger partial charge in [0, 0.05) is 13.2 Å². The third kappa shape index (κ3) is 4.73. The lowest BCUT2D eigenvalue weighted by molar-refractivity contribution is -0.118. The van der Waals surface area contributed by atoms with E-state index in [0.29, 0.717) is 11.5 Å². The molecule has 1 unspecified atom stereocenters. The molecule has 1 aliphatic rings. The van der Waals surface area contributed by atoms with Gasteiger partial charge in [0.2, 0.25) is 0 Å². The lowest BCUT2D eigenvalue weighted by atomic mass is 9.68. The van der Waals surface area contributed by atoms with Gasteiger partial charge in [-0.25, -0.2) is 0 Å². The average molecular weight is 271 g/mol. The summed E-state index contributed by atoms with van der Waals surface area (Å²) in [6, 6.07) is 0.301. The molecule has 19 heavy (non-hydrogen) atoms. The van der Waals surface area contributed by atoms with Gasteiger partial charge in [0.25, 0.3) is 0 Å². The Bertz CT molecular complexity index is 243. The van der Waals surface area contributed by atoms with Crippen LogP contribution in [-0.2, 0) is 9.47 Å². The molecule has 0 aromatic rings. The van der Waals surface area contributed by atoms with Crippen molar-refractivity contribution >= 4 is 0 Å². The highest BCUT2D eigenvalue weighted by Gasteiger charge is 2.44. The summed E-state index contributed by atoms with van der Waals surface area (Å²) < 4.78 is 12.0. The topological polar surface area (TPSA) is 30.5 Å². The summed E-state index contributed by atoms with van der Waals surface area (Å²) in [6.45, 7) is 11.4. The lowest BCUT2D eigenvalue weighted by Crippen LogP contribution is -2.56. The number of rotatable bonds is 8. The van der Waals surface area contributed by atoms with Crippen LogP contribution < -0.4 is 5.32 Å². The van der Waals surface area contributed by atoms with Crippen molar-refractivity contribution in [1.29, 1.82) is 0 Å². The van der Waals surface area contributed by atoms with Gasteiger partial charge in [0.1, 0.15) is 0 Å². The fourth-order valence-corrected chi connectivity index (χ4v) is 3.07. The Morgan fingerprint density at radius 3 is 2.21 bits per heavy atom. The molecule has 0 aliphatic heterocycles. The molecule has 1 N–H and O–H groups in total. The summed E-state index contributed by atoms with van der Waals surface area (Å²) >= 11 is 0. The van der Waals surface area contributed by atoms with E-state index in [-0.39, 0.29) is 5.60 Å². The van der Waals surface area contributed by atoms with Crippen molar-refractivity contribution in [3.8, 4) is 0 Å². The predicted molar refractivity (Wildman–Crippen MR) is 80.6 cm³/mol. The molecule has 3 heteroatoms. The summed E-state index contributed by atoms with van der Waals surface area (Å²) in [5, 5.41) is 3.43. The molecule has 1 aliphatic carbocycles. The highest BCUT2D eigenvalue weighted by molar-refractivity contribution is 4.98. The first-order chi connectivity index (χ1) is 8.99. The molecule has 1 atom stereocenters. The Balaban J connectivity index is 2.68. The largest absolute Gasteiger partial charge is 0.380 e. The van der Waals surface area contributed by atoms with Crippen LogP contribution in [0.25, 0.3) is 0 Å². The molecule has 1 fully saturated rings. The van der Waals surface area contributed by atoms with Crippen LogP contribution in [0.3, 0.4) is 0 Å². The molecule has 0 amide bonds. The quantitative estimate of drug-likeness (QED) is 0.687. The average Bonchev–Trinajstić information content (AvgIpc) is 2.38. The summed E-state index contributed by atoms with van der Waals surface area (Å²) in [7, 11) is 2.03. The third-order valence-corrected chi connectivity index (χ3v) is 4.50. The van der Waals surface area contributed by atoms with Crippen molar-refractivity contribution < 1.29 is 9.47 Å². The van der Waals surface area contributed by atoms with Crippen LogP contribution in [0.2, 0.25) is 0 Å². The van der Waals surface area contributed by atoms with Crippen molar-refractivity contribution in [3.05, 3.63) is 0 Å². The SMILES string of the molecule is CCCOCC(NC)C1(OCC)CCC(C)(C)CC1. The Labute approximate surface area is 119 Å². The van der Waals surface area contributed by atoms with Gasteiger partial charge in [0.15, 0.2) is 0 Å². The van der Waals surface area contributed by atoms with Crippen LogP contribution in [0, 0.1) is 5.41 Å². The molecular formula is C16H33NO2. The zero-order valence-corrected chi connectivity index (χ0v) is 13.6. The monoisotopic (exact) mass is 271 g/mol. The zero-order valence-electron chi connectivity index (χ0n) is 13.6. The molecular weight excluding hydrogens is 238 g/mol. The second-order valence-corrected chi connectivity index (χ2v) is 6.58. The van der Waals surface area contributed by atoms with E-state index in [1.807, 2.05) is 7.05 Å². The van der Waals surface area contributed by atoms with E-state index in [0.717, 1.165) is 39.1 Å². The second-order valence-electron chi connectivity index (χ2n) is 6.58. The van der Waals surface area contributed by atoms with E-state index < -0.39 is 0 Å². The summed E-state index contributed by atoms with van der Waals surface area (Å²) in [6.07, 6.45) is 5.81. The number of likely N-dealkylation sites (N-methyl/N-ethyl adjacent to an activating group) is 1. The maximum Gasteiger partial charge on any atom is 0.0857 e. The molecule has 0 bridgehead atoms. The van der Waals surface area contributed by atoms with E-state index in [4.69, 9.17) is 9.47 Å². The highest BCUT2D eigenvalue weighted by atomic mass is 16.5. The summed E-state index contributed by atoms with van der Waals surface area (Å²) in [4.78, 5) is 0. The van der Waals surface area contributed by atoms with Gasteiger partial charge in [0.05, 0.1) is 18.2 Å². The molecule has 0 aromatic carbocycles. The highest BCUT2D eigenvalue weighted by Crippen LogP contribution is 2.43. The normalized spacial score (nSPS) is 23.2. The number of ether oxygens (including phenoxy) is 2. The number of hydrogen-bond donors (Lipinski definition) is 1. The van der Waals surface area contributed by atoms with Crippen LogP contribution in [0.4, 0.5) is 0 Å². The zero-order chi connectivity index (χ0) is 14.4. The van der Waals surface area contributed by atoms with Gasteiger partial charge >= 0.3 is 0 Å². The summed E-state index contributed by atoms with van der Waals surface area (Å²) in [5.74, 6) is 0. The van der Waals surface area contributed by atoms with E-state index in [1.165, 1.54) is 12.8 Å². The van der Waals surface area contributed by atoms with Crippen LogP contribution in [0.1, 0.15) is 59.8 Å². The van der Waals surface area contributed by atoms with Gasteiger partial charge in [-0.3, -0.25) is 0 Å². The number of nitrogens with one attached hydrogen (secondary N) is 1. The van der Waals surface area contributed by atoms with Gasteiger partial charge in [-0.15, -0.1) is 0 Å². The first-order valence-corrected chi connectivity index (χ1v) is 7.88. The molecule has 3 nitrogen and oxygen atoms in total. The van der Waals surface area contributed by atoms with E-state index in [9.17, 15) is 0 Å². The fraction of sp³-hybridized carbons (Fsp3) is 1.00. The van der Waals surface area contributed by atoms with Gasteiger partial charge in [-0.2, -0.15) is 0 Å². The van der Waals surface area contributed by atoms with E-state index >= 15 is 0 Å². The standard InChI is InChI=1S/C16H33NO2/c1-6-12-18-13-14(17-5)16(19-7-2)10-8-15(3,4)9-11-16/h14,17H,6-13H2,1-5H3. The maximum atomic E-state index is 6.20. The molecule has 0 saturated heterocycles. The molecule has 0 radical (unpaired) electrons. The Kier molecular flexibility index (Phi) is 6.78. The van der Waals surface area contributed by atoms with Gasteiger partial charge in [-0.05, 0) is 51.5 Å². The van der Waals surface area contributed by atoms with Crippen LogP contribution in [-0.4, -0.2) is 38.5 Å². The van der Waals surface area contributed by atoms with Crippen molar-refractivity contribution in [2.75, 3.05) is 26.9 Å². The van der Waals surface area contributed by atoms with Gasteiger partial charge in [-0.1, -0.05) is 20.8 Å². The van der Waals surface area contributed by atoms with Crippen LogP contribution in [0.15, 0.2) is 0 Å². The Morgan fingerprint density at radius 2 is 1.74 bits per heavy atom. The third-order valence-electron chi connectivity index (χ3n) is 4.50. The second kappa shape index (κ2) is 7.61. The van der Waals surface area contributed by atoms with Crippen molar-refractivity contribution in [1.82, 2.24) is 5.32 Å².